The Labute approximate surface area is 215 Å². The largest absolute Gasteiger partial charge is 0.506 e. The Hall–Kier alpha value is -3.84. The normalized spacial score (nSPS) is 15.7. The van der Waals surface area contributed by atoms with Crippen molar-refractivity contribution in [1.29, 1.82) is 0 Å². The molecule has 0 unspecified atom stereocenters. The van der Waals surface area contributed by atoms with Crippen LogP contribution in [0.15, 0.2) is 75.8 Å². The van der Waals surface area contributed by atoms with E-state index in [0.29, 0.717) is 10.5 Å². The van der Waals surface area contributed by atoms with E-state index in [9.17, 15) is 14.7 Å². The summed E-state index contributed by atoms with van der Waals surface area (Å²) in [6.07, 6.45) is 1.81. The molecular formula is C29H28N2O4S. The summed E-state index contributed by atoms with van der Waals surface area (Å²) in [4.78, 5) is 30.1. The predicted molar refractivity (Wildman–Crippen MR) is 145 cm³/mol. The van der Waals surface area contributed by atoms with E-state index in [4.69, 9.17) is 4.74 Å². The van der Waals surface area contributed by atoms with Gasteiger partial charge in [0.2, 0.25) is 0 Å². The molecule has 0 fully saturated rings. The minimum absolute atomic E-state index is 0.0964. The highest BCUT2D eigenvalue weighted by Crippen LogP contribution is 2.40. The monoisotopic (exact) mass is 500 g/mol. The summed E-state index contributed by atoms with van der Waals surface area (Å²) in [5.74, 6) is -1.45. The number of aliphatic hydroxyl groups is 1. The Balaban J connectivity index is 1.74. The van der Waals surface area contributed by atoms with Gasteiger partial charge in [-0.25, -0.2) is 9.79 Å². The number of carbonyl (C=O) groups excluding carboxylic acids is 2. The Morgan fingerprint density at radius 3 is 2.22 bits per heavy atom. The van der Waals surface area contributed by atoms with Crippen LogP contribution < -0.4 is 0 Å². The molecule has 1 aromatic heterocycles. The molecule has 0 bridgehead atoms. The summed E-state index contributed by atoms with van der Waals surface area (Å²) in [7, 11) is 0. The minimum Gasteiger partial charge on any atom is -0.506 e. The smallest absolute Gasteiger partial charge is 0.344 e. The third-order valence-corrected chi connectivity index (χ3v) is 6.94. The van der Waals surface area contributed by atoms with Crippen LogP contribution in [0.4, 0.5) is 0 Å². The number of aryl methyl sites for hydroxylation is 3. The second-order valence-corrected chi connectivity index (χ2v) is 9.67. The van der Waals surface area contributed by atoms with Crippen molar-refractivity contribution in [3.05, 3.63) is 104 Å². The quantitative estimate of drug-likeness (QED) is 0.409. The highest BCUT2D eigenvalue weighted by Gasteiger charge is 2.34. The molecule has 0 aliphatic carbocycles. The molecule has 0 spiro atoms. The molecule has 4 rings (SSSR count). The van der Waals surface area contributed by atoms with E-state index >= 15 is 0 Å². The lowest BCUT2D eigenvalue weighted by molar-refractivity contribution is -0.138. The predicted octanol–water partition coefficient (Wildman–Crippen LogP) is 6.41. The number of esters is 1. The van der Waals surface area contributed by atoms with Gasteiger partial charge in [0, 0.05) is 22.6 Å². The minimum atomic E-state index is -0.716. The molecule has 0 radical (unpaired) electrons. The topological polar surface area (TPSA) is 80.9 Å². The average Bonchev–Trinajstić information content (AvgIpc) is 3.29. The molecule has 0 saturated carbocycles. The second kappa shape index (κ2) is 10.4. The average molecular weight is 501 g/mol. The lowest BCUT2D eigenvalue weighted by atomic mass is 10.1. The van der Waals surface area contributed by atoms with E-state index < -0.39 is 11.9 Å². The van der Waals surface area contributed by atoms with Crippen molar-refractivity contribution < 1.29 is 19.4 Å². The van der Waals surface area contributed by atoms with Gasteiger partial charge < -0.3 is 14.4 Å². The first-order valence-electron chi connectivity index (χ1n) is 11.7. The number of hydrogen-bond donors (Lipinski definition) is 1. The standard InChI is InChI=1S/C29H28N2O4S/c1-6-35-29(34)25-26(32)24(36-28(25)30-27(33)21-11-7-17(2)8-12-21)16-22-15-19(4)31(20(22)5)23-13-9-18(3)10-14-23/h7-16,32H,6H2,1-5H3/b24-16-,30-28?. The number of nitrogens with zero attached hydrogens (tertiary/aromatic N) is 2. The fourth-order valence-corrected chi connectivity index (χ4v) is 5.01. The van der Waals surface area contributed by atoms with Crippen LogP contribution >= 0.6 is 11.8 Å². The Morgan fingerprint density at radius 2 is 1.61 bits per heavy atom. The summed E-state index contributed by atoms with van der Waals surface area (Å²) in [5, 5.41) is 11.1. The molecule has 1 aliphatic heterocycles. The first-order valence-corrected chi connectivity index (χ1v) is 12.5. The van der Waals surface area contributed by atoms with Crippen LogP contribution in [-0.4, -0.2) is 33.2 Å². The van der Waals surface area contributed by atoms with Crippen molar-refractivity contribution in [2.45, 2.75) is 34.6 Å². The molecule has 0 atom stereocenters. The maximum absolute atomic E-state index is 12.8. The Morgan fingerprint density at radius 1 is 1.00 bits per heavy atom. The van der Waals surface area contributed by atoms with E-state index in [1.54, 1.807) is 19.1 Å². The van der Waals surface area contributed by atoms with Crippen molar-refractivity contribution >= 4 is 34.8 Å². The molecule has 0 saturated heterocycles. The van der Waals surface area contributed by atoms with Crippen LogP contribution in [0, 0.1) is 27.7 Å². The lowest BCUT2D eigenvalue weighted by Crippen LogP contribution is -2.14. The van der Waals surface area contributed by atoms with Crippen LogP contribution in [0.25, 0.3) is 11.8 Å². The zero-order valence-electron chi connectivity index (χ0n) is 21.0. The van der Waals surface area contributed by atoms with Crippen LogP contribution in [0.5, 0.6) is 0 Å². The molecular weight excluding hydrogens is 472 g/mol. The van der Waals surface area contributed by atoms with Crippen LogP contribution in [0.1, 0.15) is 45.4 Å². The van der Waals surface area contributed by atoms with E-state index in [1.807, 2.05) is 52.0 Å². The zero-order chi connectivity index (χ0) is 26.0. The summed E-state index contributed by atoms with van der Waals surface area (Å²) in [6.45, 7) is 9.81. The van der Waals surface area contributed by atoms with Gasteiger partial charge in [-0.3, -0.25) is 4.79 Å². The van der Waals surface area contributed by atoms with E-state index in [0.717, 1.165) is 40.0 Å². The molecule has 1 N–H and O–H groups in total. The fraction of sp³-hybridized carbons (Fsp3) is 0.207. The molecule has 3 aromatic rings. The van der Waals surface area contributed by atoms with Crippen molar-refractivity contribution in [2.75, 3.05) is 6.61 Å². The van der Waals surface area contributed by atoms with E-state index in [2.05, 4.69) is 33.8 Å². The first kappa shape index (κ1) is 25.3. The van der Waals surface area contributed by atoms with E-state index in [-0.39, 0.29) is 23.0 Å². The van der Waals surface area contributed by atoms with Gasteiger partial charge in [-0.1, -0.05) is 47.2 Å². The van der Waals surface area contributed by atoms with Gasteiger partial charge in [0.15, 0.2) is 0 Å². The summed E-state index contributed by atoms with van der Waals surface area (Å²) < 4.78 is 7.28. The van der Waals surface area contributed by atoms with Crippen molar-refractivity contribution in [2.24, 2.45) is 4.99 Å². The SMILES string of the molecule is CCOC(=O)C1=C(O)/C(=C/c2cc(C)n(-c3ccc(C)cc3)c2C)SC1=NC(=O)c1ccc(C)cc1. The molecule has 2 heterocycles. The number of rotatable bonds is 5. The molecule has 36 heavy (non-hydrogen) atoms. The number of carbonyl (C=O) groups is 2. The van der Waals surface area contributed by atoms with Crippen molar-refractivity contribution in [3.8, 4) is 5.69 Å². The van der Waals surface area contributed by atoms with Gasteiger partial charge in [0.25, 0.3) is 5.91 Å². The maximum atomic E-state index is 12.8. The molecule has 6 nitrogen and oxygen atoms in total. The molecule has 7 heteroatoms. The molecule has 184 valence electrons. The van der Waals surface area contributed by atoms with Gasteiger partial charge >= 0.3 is 5.97 Å². The molecule has 1 aliphatic rings. The summed E-state index contributed by atoms with van der Waals surface area (Å²) in [6, 6.07) is 17.3. The number of hydrogen-bond acceptors (Lipinski definition) is 5. The first-order chi connectivity index (χ1) is 17.2. The molecule has 1 amide bonds. The van der Waals surface area contributed by atoms with Crippen LogP contribution in [0.3, 0.4) is 0 Å². The second-order valence-electron chi connectivity index (χ2n) is 8.64. The number of aliphatic imine (C=N–C) groups is 1. The number of aliphatic hydroxyl groups excluding tert-OH is 1. The number of benzene rings is 2. The number of ether oxygens (including phenoxy) is 1. The summed E-state index contributed by atoms with van der Waals surface area (Å²) in [5.41, 5.74) is 6.44. The van der Waals surface area contributed by atoms with Gasteiger partial charge in [-0.2, -0.15) is 0 Å². The highest BCUT2D eigenvalue weighted by molar-refractivity contribution is 8.18. The lowest BCUT2D eigenvalue weighted by Gasteiger charge is -2.10. The van der Waals surface area contributed by atoms with Crippen molar-refractivity contribution in [1.82, 2.24) is 4.57 Å². The molecule has 2 aromatic carbocycles. The van der Waals surface area contributed by atoms with Crippen LogP contribution in [-0.2, 0) is 9.53 Å². The van der Waals surface area contributed by atoms with Crippen molar-refractivity contribution in [3.63, 3.8) is 0 Å². The van der Waals surface area contributed by atoms with Crippen LogP contribution in [0.2, 0.25) is 0 Å². The van der Waals surface area contributed by atoms with Gasteiger partial charge in [0.1, 0.15) is 16.4 Å². The number of thioether (sulfide) groups is 1. The third kappa shape index (κ3) is 5.06. The van der Waals surface area contributed by atoms with E-state index in [1.165, 1.54) is 5.56 Å². The number of amides is 1. The van der Waals surface area contributed by atoms with Gasteiger partial charge in [-0.15, -0.1) is 0 Å². The summed E-state index contributed by atoms with van der Waals surface area (Å²) >= 11 is 1.08. The van der Waals surface area contributed by atoms with Gasteiger partial charge in [-0.05, 0) is 76.6 Å². The highest BCUT2D eigenvalue weighted by atomic mass is 32.2. The fourth-order valence-electron chi connectivity index (χ4n) is 4.01. The number of aromatic nitrogens is 1. The third-order valence-electron chi connectivity index (χ3n) is 5.92. The maximum Gasteiger partial charge on any atom is 0.344 e. The zero-order valence-corrected chi connectivity index (χ0v) is 21.8. The Kier molecular flexibility index (Phi) is 7.31. The van der Waals surface area contributed by atoms with Gasteiger partial charge in [0.05, 0.1) is 11.5 Å². The Bertz CT molecular complexity index is 1430.